The van der Waals surface area contributed by atoms with Crippen LogP contribution in [-0.2, 0) is 0 Å². The SMILES string of the molecule is Cc1cc(C)nc(N2C3CCC2CN(C(=O)c2ccccc2I)C3)n1. The molecule has 0 radical (unpaired) electrons. The molecule has 4 rings (SSSR count). The third-order valence-corrected chi connectivity index (χ3v) is 6.02. The third-order valence-electron chi connectivity index (χ3n) is 5.08. The maximum atomic E-state index is 13.0. The van der Waals surface area contributed by atoms with Crippen LogP contribution in [0.2, 0.25) is 0 Å². The Kier molecular flexibility index (Phi) is 4.39. The maximum Gasteiger partial charge on any atom is 0.255 e. The van der Waals surface area contributed by atoms with Crippen LogP contribution in [-0.4, -0.2) is 45.9 Å². The van der Waals surface area contributed by atoms with Crippen molar-refractivity contribution in [2.45, 2.75) is 38.8 Å². The van der Waals surface area contributed by atoms with Crippen molar-refractivity contribution in [1.29, 1.82) is 0 Å². The van der Waals surface area contributed by atoms with E-state index in [1.807, 2.05) is 49.1 Å². The lowest BCUT2D eigenvalue weighted by Gasteiger charge is -2.41. The molecule has 2 aromatic rings. The second-order valence-corrected chi connectivity index (χ2v) is 8.10. The molecule has 6 heteroatoms. The highest BCUT2D eigenvalue weighted by atomic mass is 127. The highest BCUT2D eigenvalue weighted by Gasteiger charge is 2.43. The van der Waals surface area contributed by atoms with Crippen molar-refractivity contribution in [3.63, 3.8) is 0 Å². The van der Waals surface area contributed by atoms with Gasteiger partial charge in [-0.2, -0.15) is 0 Å². The van der Waals surface area contributed by atoms with Gasteiger partial charge in [0.05, 0.1) is 5.56 Å². The van der Waals surface area contributed by atoms with E-state index in [1.54, 1.807) is 0 Å². The number of benzene rings is 1. The molecular weight excluding hydrogens is 427 g/mol. The monoisotopic (exact) mass is 448 g/mol. The number of piperazine rings is 1. The van der Waals surface area contributed by atoms with Crippen LogP contribution >= 0.6 is 22.6 Å². The number of fused-ring (bicyclic) bond motifs is 2. The van der Waals surface area contributed by atoms with E-state index < -0.39 is 0 Å². The van der Waals surface area contributed by atoms with Crippen LogP contribution in [0.4, 0.5) is 5.95 Å². The second-order valence-electron chi connectivity index (χ2n) is 6.93. The van der Waals surface area contributed by atoms with Gasteiger partial charge in [0.2, 0.25) is 5.95 Å². The maximum absolute atomic E-state index is 13.0. The molecule has 0 spiro atoms. The van der Waals surface area contributed by atoms with E-state index >= 15 is 0 Å². The molecule has 2 saturated heterocycles. The lowest BCUT2D eigenvalue weighted by molar-refractivity contribution is 0.0716. The lowest BCUT2D eigenvalue weighted by atomic mass is 10.1. The van der Waals surface area contributed by atoms with Gasteiger partial charge >= 0.3 is 0 Å². The van der Waals surface area contributed by atoms with E-state index in [4.69, 9.17) is 0 Å². The molecule has 2 atom stereocenters. The van der Waals surface area contributed by atoms with Gasteiger partial charge in [-0.1, -0.05) is 12.1 Å². The van der Waals surface area contributed by atoms with Crippen LogP contribution in [0.15, 0.2) is 30.3 Å². The molecule has 130 valence electrons. The minimum atomic E-state index is 0.142. The van der Waals surface area contributed by atoms with Gasteiger partial charge < -0.3 is 9.80 Å². The van der Waals surface area contributed by atoms with Gasteiger partial charge in [0.25, 0.3) is 5.91 Å². The normalized spacial score (nSPS) is 22.4. The summed E-state index contributed by atoms with van der Waals surface area (Å²) < 4.78 is 1.01. The fourth-order valence-electron chi connectivity index (χ4n) is 4.02. The quantitative estimate of drug-likeness (QED) is 0.663. The van der Waals surface area contributed by atoms with Crippen LogP contribution < -0.4 is 4.90 Å². The predicted molar refractivity (Wildman–Crippen MR) is 106 cm³/mol. The average molecular weight is 448 g/mol. The predicted octanol–water partition coefficient (Wildman–Crippen LogP) is 3.19. The van der Waals surface area contributed by atoms with Crippen molar-refractivity contribution >= 4 is 34.4 Å². The Morgan fingerprint density at radius 1 is 1.08 bits per heavy atom. The Morgan fingerprint density at radius 3 is 2.28 bits per heavy atom. The van der Waals surface area contributed by atoms with E-state index in [-0.39, 0.29) is 5.91 Å². The van der Waals surface area contributed by atoms with E-state index in [2.05, 4.69) is 37.5 Å². The highest BCUT2D eigenvalue weighted by molar-refractivity contribution is 14.1. The van der Waals surface area contributed by atoms with E-state index in [0.29, 0.717) is 12.1 Å². The standard InChI is InChI=1S/C19H21IN4O/c1-12-9-13(2)22-19(21-12)24-14-7-8-15(24)11-23(10-14)18(25)16-5-3-4-6-17(16)20/h3-6,9,14-15H,7-8,10-11H2,1-2H3. The summed E-state index contributed by atoms with van der Waals surface area (Å²) in [7, 11) is 0. The van der Waals surface area contributed by atoms with Crippen LogP contribution in [0.1, 0.15) is 34.6 Å². The minimum Gasteiger partial charge on any atom is -0.334 e. The van der Waals surface area contributed by atoms with Crippen molar-refractivity contribution in [2.24, 2.45) is 0 Å². The largest absolute Gasteiger partial charge is 0.334 e. The smallest absolute Gasteiger partial charge is 0.255 e. The first-order chi connectivity index (χ1) is 12.0. The Balaban J connectivity index is 1.58. The molecule has 2 aliphatic heterocycles. The molecule has 1 aromatic heterocycles. The first-order valence-electron chi connectivity index (χ1n) is 8.67. The van der Waals surface area contributed by atoms with Crippen LogP contribution in [0.5, 0.6) is 0 Å². The van der Waals surface area contributed by atoms with Crippen molar-refractivity contribution in [3.8, 4) is 0 Å². The average Bonchev–Trinajstić information content (AvgIpc) is 2.84. The molecule has 5 nitrogen and oxygen atoms in total. The number of halogens is 1. The zero-order valence-electron chi connectivity index (χ0n) is 14.4. The topological polar surface area (TPSA) is 49.3 Å². The number of anilines is 1. The second kappa shape index (κ2) is 6.55. The van der Waals surface area contributed by atoms with E-state index in [0.717, 1.165) is 52.4 Å². The third kappa shape index (κ3) is 3.12. The zero-order valence-corrected chi connectivity index (χ0v) is 16.6. The summed E-state index contributed by atoms with van der Waals surface area (Å²) in [5.74, 6) is 0.967. The fraction of sp³-hybridized carbons (Fsp3) is 0.421. The van der Waals surface area contributed by atoms with E-state index in [9.17, 15) is 4.79 Å². The summed E-state index contributed by atoms with van der Waals surface area (Å²) in [6.07, 6.45) is 2.19. The van der Waals surface area contributed by atoms with Gasteiger partial charge in [-0.3, -0.25) is 4.79 Å². The molecule has 1 amide bonds. The van der Waals surface area contributed by atoms with Crippen LogP contribution in [0, 0.1) is 17.4 Å². The van der Waals surface area contributed by atoms with Crippen molar-refractivity contribution in [1.82, 2.24) is 14.9 Å². The number of nitrogens with zero attached hydrogens (tertiary/aromatic N) is 4. The fourth-order valence-corrected chi connectivity index (χ4v) is 4.64. The molecule has 0 N–H and O–H groups in total. The lowest BCUT2D eigenvalue weighted by Crippen LogP contribution is -2.56. The minimum absolute atomic E-state index is 0.142. The van der Waals surface area contributed by atoms with Crippen LogP contribution in [0.25, 0.3) is 0 Å². The number of aryl methyl sites for hydroxylation is 2. The van der Waals surface area contributed by atoms with E-state index in [1.165, 1.54) is 0 Å². The summed E-state index contributed by atoms with van der Waals surface area (Å²) in [5.41, 5.74) is 2.80. The van der Waals surface area contributed by atoms with Gasteiger partial charge in [-0.05, 0) is 67.5 Å². The first-order valence-corrected chi connectivity index (χ1v) is 9.75. The highest BCUT2D eigenvalue weighted by Crippen LogP contribution is 2.34. The Bertz CT molecular complexity index is 791. The molecule has 2 aliphatic rings. The zero-order chi connectivity index (χ0) is 17.6. The first kappa shape index (κ1) is 16.8. The Morgan fingerprint density at radius 2 is 1.68 bits per heavy atom. The summed E-state index contributed by atoms with van der Waals surface area (Å²) >= 11 is 2.24. The van der Waals surface area contributed by atoms with Crippen molar-refractivity contribution < 1.29 is 4.79 Å². The van der Waals surface area contributed by atoms with Gasteiger partial charge in [-0.15, -0.1) is 0 Å². The van der Waals surface area contributed by atoms with Crippen LogP contribution in [0.3, 0.4) is 0 Å². The van der Waals surface area contributed by atoms with Crippen molar-refractivity contribution in [2.75, 3.05) is 18.0 Å². The molecule has 3 heterocycles. The summed E-state index contributed by atoms with van der Waals surface area (Å²) in [5, 5.41) is 0. The number of likely N-dealkylation sites (tertiary alicyclic amines) is 1. The number of hydrogen-bond acceptors (Lipinski definition) is 4. The number of aromatic nitrogens is 2. The van der Waals surface area contributed by atoms with Gasteiger partial charge in [0, 0.05) is 40.1 Å². The molecule has 1 aromatic carbocycles. The molecule has 2 fully saturated rings. The summed E-state index contributed by atoms with van der Waals surface area (Å²) in [6.45, 7) is 5.52. The van der Waals surface area contributed by atoms with Gasteiger partial charge in [0.1, 0.15) is 0 Å². The molecule has 0 saturated carbocycles. The number of rotatable bonds is 2. The van der Waals surface area contributed by atoms with Gasteiger partial charge in [-0.25, -0.2) is 9.97 Å². The number of amides is 1. The number of carbonyl (C=O) groups is 1. The Hall–Kier alpha value is -1.70. The Labute approximate surface area is 161 Å². The summed E-state index contributed by atoms with van der Waals surface area (Å²) in [6, 6.07) is 10.4. The number of carbonyl (C=O) groups excluding carboxylic acids is 1. The van der Waals surface area contributed by atoms with Gasteiger partial charge in [0.15, 0.2) is 0 Å². The molecule has 2 unspecified atom stereocenters. The number of hydrogen-bond donors (Lipinski definition) is 0. The molecule has 0 aliphatic carbocycles. The molecule has 25 heavy (non-hydrogen) atoms. The summed E-state index contributed by atoms with van der Waals surface area (Å²) in [4.78, 5) is 26.6. The molecule has 2 bridgehead atoms. The van der Waals surface area contributed by atoms with Crippen molar-refractivity contribution in [3.05, 3.63) is 50.9 Å². The molecular formula is C19H21IN4O.